The van der Waals surface area contributed by atoms with Gasteiger partial charge in [0.2, 0.25) is 11.1 Å². The molecule has 0 atom stereocenters. The first kappa shape index (κ1) is 17.4. The van der Waals surface area contributed by atoms with Crippen LogP contribution in [0.3, 0.4) is 0 Å². The number of anilines is 1. The molecular formula is C11H14BF4N3OS. The fourth-order valence-corrected chi connectivity index (χ4v) is 2.67. The average Bonchev–Trinajstić information content (AvgIpc) is 2.45. The van der Waals surface area contributed by atoms with Crippen molar-refractivity contribution in [2.24, 2.45) is 0 Å². The van der Waals surface area contributed by atoms with Crippen LogP contribution in [0.15, 0.2) is 18.2 Å². The molecule has 0 spiro atoms. The summed E-state index contributed by atoms with van der Waals surface area (Å²) in [4.78, 5) is 5.50. The van der Waals surface area contributed by atoms with Gasteiger partial charge in [0, 0.05) is 42.4 Å². The van der Waals surface area contributed by atoms with Gasteiger partial charge in [0.1, 0.15) is 0 Å². The van der Waals surface area contributed by atoms with E-state index in [2.05, 4.69) is 9.88 Å². The Hall–Kier alpha value is -1.63. The third-order valence-electron chi connectivity index (χ3n) is 2.65. The van der Waals surface area contributed by atoms with Crippen LogP contribution in [-0.2, 0) is 0 Å². The summed E-state index contributed by atoms with van der Waals surface area (Å²) in [5.74, 6) is 2.93. The van der Waals surface area contributed by atoms with Crippen LogP contribution in [0.5, 0.6) is 5.75 Å². The molecular weight excluding hydrogens is 309 g/mol. The van der Waals surface area contributed by atoms with E-state index < -0.39 is 7.25 Å². The molecule has 0 radical (unpaired) electrons. The van der Waals surface area contributed by atoms with E-state index in [9.17, 15) is 17.3 Å². The Kier molecular flexibility index (Phi) is 6.62. The molecule has 1 saturated heterocycles. The normalized spacial score (nSPS) is 14.8. The van der Waals surface area contributed by atoms with Gasteiger partial charge in [0.15, 0.2) is 4.98 Å². The highest BCUT2D eigenvalue weighted by Gasteiger charge is 2.20. The largest absolute Gasteiger partial charge is 0.673 e. The maximum Gasteiger partial charge on any atom is 0.673 e. The number of halogens is 4. The van der Waals surface area contributed by atoms with Crippen LogP contribution >= 0.6 is 11.8 Å². The Morgan fingerprint density at radius 3 is 2.29 bits per heavy atom. The number of methoxy groups -OCH3 is 1. The van der Waals surface area contributed by atoms with E-state index in [1.807, 2.05) is 23.9 Å². The van der Waals surface area contributed by atoms with Crippen molar-refractivity contribution in [1.82, 2.24) is 0 Å². The van der Waals surface area contributed by atoms with Crippen molar-refractivity contribution in [3.05, 3.63) is 23.2 Å². The van der Waals surface area contributed by atoms with Crippen LogP contribution in [0.4, 0.5) is 28.6 Å². The van der Waals surface area contributed by atoms with Crippen LogP contribution in [0.2, 0.25) is 0 Å². The second-order valence-electron chi connectivity index (χ2n) is 4.05. The van der Waals surface area contributed by atoms with Crippen molar-refractivity contribution in [3.8, 4) is 5.75 Å². The zero-order valence-corrected chi connectivity index (χ0v) is 12.1. The van der Waals surface area contributed by atoms with Crippen molar-refractivity contribution in [2.75, 3.05) is 36.6 Å². The van der Waals surface area contributed by atoms with Crippen LogP contribution in [0, 0.1) is 5.39 Å². The second-order valence-corrected chi connectivity index (χ2v) is 5.28. The van der Waals surface area contributed by atoms with E-state index in [1.54, 1.807) is 13.2 Å². The highest BCUT2D eigenvalue weighted by atomic mass is 32.2. The molecule has 0 aliphatic carbocycles. The molecule has 10 heteroatoms. The second kappa shape index (κ2) is 7.97. The summed E-state index contributed by atoms with van der Waals surface area (Å²) in [7, 11) is -4.42. The Balaban J connectivity index is 0.000000383. The lowest BCUT2D eigenvalue weighted by Gasteiger charge is -2.28. The van der Waals surface area contributed by atoms with Crippen LogP contribution in [0.25, 0.3) is 4.98 Å². The maximum absolute atomic E-state index is 9.75. The minimum absolute atomic E-state index is 0.470. The molecule has 21 heavy (non-hydrogen) atoms. The van der Waals surface area contributed by atoms with Crippen LogP contribution in [0.1, 0.15) is 0 Å². The third kappa shape index (κ3) is 6.57. The molecule has 0 saturated carbocycles. The van der Waals surface area contributed by atoms with Gasteiger partial charge in [-0.05, 0) is 6.07 Å². The number of thioether (sulfide) groups is 1. The van der Waals surface area contributed by atoms with Gasteiger partial charge in [0.05, 0.1) is 7.11 Å². The molecule has 1 aliphatic rings. The Morgan fingerprint density at radius 1 is 1.24 bits per heavy atom. The van der Waals surface area contributed by atoms with Gasteiger partial charge >= 0.3 is 12.9 Å². The lowest BCUT2D eigenvalue weighted by atomic mass is 10.2. The van der Waals surface area contributed by atoms with Gasteiger partial charge in [-0.15, -0.1) is 0 Å². The molecule has 2 rings (SSSR count). The number of nitrogens with zero attached hydrogens (tertiary/aromatic N) is 3. The Bertz CT molecular complexity index is 497. The Morgan fingerprint density at radius 2 is 1.81 bits per heavy atom. The van der Waals surface area contributed by atoms with E-state index in [-0.39, 0.29) is 0 Å². The highest BCUT2D eigenvalue weighted by Crippen LogP contribution is 2.32. The summed E-state index contributed by atoms with van der Waals surface area (Å²) in [6.45, 7) is 2.12. The molecule has 0 aromatic heterocycles. The van der Waals surface area contributed by atoms with E-state index in [0.29, 0.717) is 11.4 Å². The maximum atomic E-state index is 9.75. The van der Waals surface area contributed by atoms with E-state index in [1.165, 1.54) is 0 Å². The van der Waals surface area contributed by atoms with Gasteiger partial charge in [-0.3, -0.25) is 0 Å². The first-order chi connectivity index (χ1) is 9.85. The zero-order valence-electron chi connectivity index (χ0n) is 11.3. The summed E-state index contributed by atoms with van der Waals surface area (Å²) >= 11 is 1.98. The molecule has 4 nitrogen and oxygen atoms in total. The summed E-state index contributed by atoms with van der Waals surface area (Å²) in [5, 5.41) is 8.78. The summed E-state index contributed by atoms with van der Waals surface area (Å²) in [6.07, 6.45) is 0. The smallest absolute Gasteiger partial charge is 0.489 e. The first-order valence-electron chi connectivity index (χ1n) is 6.08. The molecule has 0 amide bonds. The van der Waals surface area contributed by atoms with Gasteiger partial charge in [-0.1, -0.05) is 0 Å². The molecule has 1 heterocycles. The van der Waals surface area contributed by atoms with Crippen LogP contribution < -0.4 is 9.64 Å². The van der Waals surface area contributed by atoms with Crippen LogP contribution in [-0.4, -0.2) is 39.0 Å². The fraction of sp³-hybridized carbons (Fsp3) is 0.455. The molecule has 1 aromatic rings. The van der Waals surface area contributed by atoms with Crippen molar-refractivity contribution in [2.45, 2.75) is 0 Å². The van der Waals surface area contributed by atoms with Gasteiger partial charge in [-0.25, -0.2) is 0 Å². The van der Waals surface area contributed by atoms with Gasteiger partial charge in [0.25, 0.3) is 0 Å². The number of benzene rings is 1. The van der Waals surface area contributed by atoms with E-state index in [0.717, 1.165) is 30.3 Å². The standard InChI is InChI=1S/C11H14N3OS.BF4/c1-15-11-8-9(2-3-10(11)13-12)14-4-6-16-7-5-14;2-1(3,4)5/h2-3,8H,4-7H2,1H3;/q+1;-1. The lowest BCUT2D eigenvalue weighted by molar-refractivity contribution is 0.368. The van der Waals surface area contributed by atoms with Crippen molar-refractivity contribution in [1.29, 1.82) is 5.39 Å². The number of hydrogen-bond donors (Lipinski definition) is 0. The van der Waals surface area contributed by atoms with Gasteiger partial charge < -0.3 is 26.9 Å². The fourth-order valence-electron chi connectivity index (χ4n) is 1.77. The SMILES string of the molecule is COc1cc(N2CCSCC2)ccc1[N+]#N.F[B-](F)(F)F. The number of diazo groups is 1. The third-order valence-corrected chi connectivity index (χ3v) is 3.59. The molecule has 0 N–H and O–H groups in total. The predicted octanol–water partition coefficient (Wildman–Crippen LogP) is 4.03. The average molecular weight is 323 g/mol. The zero-order chi connectivity index (χ0) is 15.9. The highest BCUT2D eigenvalue weighted by molar-refractivity contribution is 7.99. The first-order valence-corrected chi connectivity index (χ1v) is 7.23. The van der Waals surface area contributed by atoms with Crippen molar-refractivity contribution in [3.63, 3.8) is 0 Å². The molecule has 1 aliphatic heterocycles. The minimum atomic E-state index is -6.00. The quantitative estimate of drug-likeness (QED) is 0.468. The molecule has 0 bridgehead atoms. The number of hydrogen-bond acceptors (Lipinski definition) is 4. The minimum Gasteiger partial charge on any atom is -0.489 e. The monoisotopic (exact) mass is 323 g/mol. The predicted molar refractivity (Wildman–Crippen MR) is 77.5 cm³/mol. The summed E-state index contributed by atoms with van der Waals surface area (Å²) < 4.78 is 44.2. The number of rotatable bonds is 2. The van der Waals surface area contributed by atoms with Crippen molar-refractivity contribution >= 4 is 30.4 Å². The molecule has 1 fully saturated rings. The molecule has 0 unspecified atom stereocenters. The van der Waals surface area contributed by atoms with Gasteiger partial charge in [-0.2, -0.15) is 11.8 Å². The Labute approximate surface area is 124 Å². The topological polar surface area (TPSA) is 40.6 Å². The molecule has 116 valence electrons. The number of ether oxygens (including phenoxy) is 1. The molecule has 1 aromatic carbocycles. The summed E-state index contributed by atoms with van der Waals surface area (Å²) in [6, 6.07) is 5.66. The lowest BCUT2D eigenvalue weighted by Crippen LogP contribution is -2.32. The van der Waals surface area contributed by atoms with E-state index >= 15 is 0 Å². The van der Waals surface area contributed by atoms with Crippen molar-refractivity contribution < 1.29 is 22.0 Å². The van der Waals surface area contributed by atoms with E-state index in [4.69, 9.17) is 10.1 Å². The summed E-state index contributed by atoms with van der Waals surface area (Å²) in [5.41, 5.74) is 1.60.